The summed E-state index contributed by atoms with van der Waals surface area (Å²) in [7, 11) is -4.19. The largest absolute Gasteiger partial charge is 0.505 e. The van der Waals surface area contributed by atoms with Gasteiger partial charge < -0.3 is 10.4 Å². The quantitative estimate of drug-likeness (QED) is 0.245. The van der Waals surface area contributed by atoms with Gasteiger partial charge in [-0.1, -0.05) is 32.9 Å². The Morgan fingerprint density at radius 2 is 1.94 bits per heavy atom. The predicted octanol–water partition coefficient (Wildman–Crippen LogP) is 3.50. The number of Topliss-reactive ketones (excluding diaryl/α,β-unsaturated/α-hetero) is 1. The fourth-order valence-corrected chi connectivity index (χ4v) is 6.30. The molecular weight excluding hydrogens is 418 g/mol. The van der Waals surface area contributed by atoms with Crippen LogP contribution in [0.25, 0.3) is 0 Å². The van der Waals surface area contributed by atoms with Gasteiger partial charge in [-0.05, 0) is 61.2 Å². The average molecular weight is 452 g/mol. The van der Waals surface area contributed by atoms with Crippen LogP contribution in [0.5, 0.6) is 0 Å². The number of rotatable bonds is 6. The van der Waals surface area contributed by atoms with Crippen molar-refractivity contribution in [3.05, 3.63) is 35.3 Å². The molecule has 4 atom stereocenters. The van der Waals surface area contributed by atoms with Gasteiger partial charge in [-0.15, -0.1) is 0 Å². The van der Waals surface area contributed by atoms with E-state index in [1.54, 1.807) is 0 Å². The molecule has 172 valence electrons. The highest BCUT2D eigenvalue weighted by molar-refractivity contribution is 7.85. The van der Waals surface area contributed by atoms with E-state index in [2.05, 4.69) is 32.7 Å². The molecule has 0 saturated heterocycles. The number of allylic oxidation sites excluding steroid dienone is 3. The minimum atomic E-state index is -4.19. The number of hydrogen-bond acceptors (Lipinski definition) is 6. The van der Waals surface area contributed by atoms with Crippen LogP contribution in [-0.4, -0.2) is 41.9 Å². The fraction of sp³-hybridized carbons (Fsp3) is 0.652. The number of nitrogens with one attached hydrogen (secondary N) is 1. The minimum absolute atomic E-state index is 0.0196. The lowest BCUT2D eigenvalue weighted by Gasteiger charge is -2.59. The van der Waals surface area contributed by atoms with Gasteiger partial charge in [0.1, 0.15) is 5.76 Å². The molecule has 0 aromatic rings. The molecule has 0 bridgehead atoms. The highest BCUT2D eigenvalue weighted by Crippen LogP contribution is 2.63. The topological polar surface area (TPSA) is 121 Å². The molecule has 2 fully saturated rings. The molecule has 0 aromatic heterocycles. The highest BCUT2D eigenvalue weighted by atomic mass is 32.2. The van der Waals surface area contributed by atoms with Crippen LogP contribution >= 0.6 is 0 Å². The van der Waals surface area contributed by atoms with Gasteiger partial charge >= 0.3 is 0 Å². The molecule has 0 amide bonds. The van der Waals surface area contributed by atoms with Crippen molar-refractivity contribution in [2.75, 3.05) is 12.3 Å². The van der Waals surface area contributed by atoms with Crippen molar-refractivity contribution >= 4 is 21.7 Å². The predicted molar refractivity (Wildman–Crippen MR) is 118 cm³/mol. The second-order valence-corrected chi connectivity index (χ2v) is 11.5. The standard InChI is InChI=1S/C23H33NO6S/c1-14-6-5-7-19-22(14,3)9-8-15(2)23(19,4)13-16-20(26)17(12-18(25)21(16)27)24-10-11-31(28,29)30/h12,15,19,24,26H,1,5-11,13H2,2-4H3,(H,28,29,30)/t15-,19+,22+,23+/m0/s1. The molecule has 0 aromatic carbocycles. The second-order valence-electron chi connectivity index (χ2n) is 9.88. The van der Waals surface area contributed by atoms with Crippen molar-refractivity contribution in [1.29, 1.82) is 0 Å². The third-order valence-electron chi connectivity index (χ3n) is 8.11. The zero-order valence-corrected chi connectivity index (χ0v) is 19.3. The van der Waals surface area contributed by atoms with E-state index in [1.807, 2.05) is 0 Å². The molecule has 3 aliphatic carbocycles. The van der Waals surface area contributed by atoms with Gasteiger partial charge in [-0.3, -0.25) is 14.1 Å². The summed E-state index contributed by atoms with van der Waals surface area (Å²) in [5.74, 6) is -1.77. The highest BCUT2D eigenvalue weighted by Gasteiger charge is 2.54. The van der Waals surface area contributed by atoms with Gasteiger partial charge in [0.25, 0.3) is 10.1 Å². The van der Waals surface area contributed by atoms with Crippen molar-refractivity contribution < 1.29 is 27.7 Å². The number of ketones is 2. The minimum Gasteiger partial charge on any atom is -0.505 e. The van der Waals surface area contributed by atoms with Crippen molar-refractivity contribution in [3.63, 3.8) is 0 Å². The van der Waals surface area contributed by atoms with Crippen LogP contribution in [-0.2, 0) is 19.7 Å². The van der Waals surface area contributed by atoms with Crippen LogP contribution in [0.3, 0.4) is 0 Å². The number of fused-ring (bicyclic) bond motifs is 1. The first-order valence-corrected chi connectivity index (χ1v) is 12.5. The fourth-order valence-electron chi connectivity index (χ4n) is 5.94. The van der Waals surface area contributed by atoms with E-state index in [4.69, 9.17) is 4.55 Å². The van der Waals surface area contributed by atoms with Gasteiger partial charge in [0, 0.05) is 18.2 Å². The Balaban J connectivity index is 1.93. The van der Waals surface area contributed by atoms with Crippen LogP contribution in [0.2, 0.25) is 0 Å². The average Bonchev–Trinajstić information content (AvgIpc) is 2.67. The zero-order valence-electron chi connectivity index (χ0n) is 18.5. The third kappa shape index (κ3) is 4.37. The van der Waals surface area contributed by atoms with E-state index in [-0.39, 0.29) is 46.7 Å². The lowest BCUT2D eigenvalue weighted by atomic mass is 9.46. The number of aliphatic hydroxyl groups is 1. The summed E-state index contributed by atoms with van der Waals surface area (Å²) in [6.07, 6.45) is 6.36. The first kappa shape index (κ1) is 23.7. The maximum atomic E-state index is 12.7. The molecule has 0 aliphatic heterocycles. The van der Waals surface area contributed by atoms with Crippen molar-refractivity contribution in [1.82, 2.24) is 5.32 Å². The summed E-state index contributed by atoms with van der Waals surface area (Å²) < 4.78 is 30.8. The summed E-state index contributed by atoms with van der Waals surface area (Å²) >= 11 is 0. The van der Waals surface area contributed by atoms with Crippen molar-refractivity contribution in [2.24, 2.45) is 22.7 Å². The normalized spacial score (nSPS) is 34.5. The van der Waals surface area contributed by atoms with Crippen LogP contribution in [0, 0.1) is 22.7 Å². The van der Waals surface area contributed by atoms with Crippen LogP contribution in [0.4, 0.5) is 0 Å². The molecule has 3 aliphatic rings. The Morgan fingerprint density at radius 3 is 2.58 bits per heavy atom. The molecule has 31 heavy (non-hydrogen) atoms. The van der Waals surface area contributed by atoms with E-state index in [0.29, 0.717) is 5.92 Å². The SMILES string of the molecule is C=C1CCC[C@H]2[C@](C)(CC3=C(O)C(NCCS(=O)(=O)O)=CC(=O)C3=O)[C@@H](C)CC[C@]12C. The van der Waals surface area contributed by atoms with E-state index >= 15 is 0 Å². The maximum Gasteiger partial charge on any atom is 0.266 e. The van der Waals surface area contributed by atoms with Crippen LogP contribution < -0.4 is 5.32 Å². The summed E-state index contributed by atoms with van der Waals surface area (Å²) in [6.45, 7) is 10.7. The number of carbonyl (C=O) groups is 2. The molecule has 7 nitrogen and oxygen atoms in total. The van der Waals surface area contributed by atoms with Gasteiger partial charge in [0.2, 0.25) is 11.6 Å². The first-order valence-electron chi connectivity index (χ1n) is 10.9. The van der Waals surface area contributed by atoms with Crippen molar-refractivity contribution in [3.8, 4) is 0 Å². The lowest BCUT2D eigenvalue weighted by molar-refractivity contribution is -0.132. The second kappa shape index (κ2) is 8.20. The van der Waals surface area contributed by atoms with Gasteiger partial charge in [0.15, 0.2) is 0 Å². The number of hydrogen-bond donors (Lipinski definition) is 3. The molecule has 2 saturated carbocycles. The molecule has 8 heteroatoms. The molecule has 0 spiro atoms. The molecular formula is C23H33NO6S. The summed E-state index contributed by atoms with van der Waals surface area (Å²) in [5, 5.41) is 13.5. The zero-order chi connectivity index (χ0) is 23.2. The van der Waals surface area contributed by atoms with E-state index in [9.17, 15) is 23.1 Å². The van der Waals surface area contributed by atoms with Gasteiger partial charge in [-0.25, -0.2) is 0 Å². The summed E-state index contributed by atoms with van der Waals surface area (Å²) in [5.41, 5.74) is 1.03. The summed E-state index contributed by atoms with van der Waals surface area (Å²) in [6, 6.07) is 0. The lowest BCUT2D eigenvalue weighted by Crippen LogP contribution is -2.51. The van der Waals surface area contributed by atoms with Crippen LogP contribution in [0.15, 0.2) is 35.3 Å². The Bertz CT molecular complexity index is 978. The maximum absolute atomic E-state index is 12.7. The van der Waals surface area contributed by atoms with Crippen molar-refractivity contribution in [2.45, 2.75) is 59.3 Å². The Hall–Kier alpha value is -1.93. The Labute approximate surface area is 184 Å². The molecule has 0 unspecified atom stereocenters. The van der Waals surface area contributed by atoms with Crippen LogP contribution in [0.1, 0.15) is 59.3 Å². The Kier molecular flexibility index (Phi) is 6.28. The Morgan fingerprint density at radius 1 is 1.26 bits per heavy atom. The first-order chi connectivity index (χ1) is 14.3. The molecule has 3 N–H and O–H groups in total. The third-order valence-corrected chi connectivity index (χ3v) is 8.83. The monoisotopic (exact) mass is 451 g/mol. The molecule has 0 radical (unpaired) electrons. The smallest absolute Gasteiger partial charge is 0.266 e. The summed E-state index contributed by atoms with van der Waals surface area (Å²) in [4.78, 5) is 25.1. The molecule has 0 heterocycles. The van der Waals surface area contributed by atoms with Gasteiger partial charge in [0.05, 0.1) is 11.4 Å². The van der Waals surface area contributed by atoms with E-state index < -0.39 is 27.4 Å². The number of carbonyl (C=O) groups excluding carboxylic acids is 2. The van der Waals surface area contributed by atoms with Gasteiger partial charge in [-0.2, -0.15) is 8.42 Å². The van der Waals surface area contributed by atoms with E-state index in [0.717, 1.165) is 38.2 Å². The number of aliphatic hydroxyl groups excluding tert-OH is 1. The van der Waals surface area contributed by atoms with E-state index in [1.165, 1.54) is 5.57 Å². The molecule has 3 rings (SSSR count).